The lowest BCUT2D eigenvalue weighted by molar-refractivity contribution is -0.118. The SMILES string of the molecule is CCCCCOc1ccc(NC(=O)COc2cccc(CC)c2)cc1. The number of nitrogens with one attached hydrogen (secondary N) is 1. The molecule has 2 aromatic carbocycles. The van der Waals surface area contributed by atoms with Crippen LogP contribution in [-0.4, -0.2) is 19.1 Å². The number of rotatable bonds is 10. The van der Waals surface area contributed by atoms with Gasteiger partial charge in [-0.05, 0) is 54.8 Å². The van der Waals surface area contributed by atoms with Crippen molar-refractivity contribution in [2.45, 2.75) is 39.5 Å². The highest BCUT2D eigenvalue weighted by atomic mass is 16.5. The summed E-state index contributed by atoms with van der Waals surface area (Å²) in [4.78, 5) is 12.0. The van der Waals surface area contributed by atoms with E-state index in [0.717, 1.165) is 30.9 Å². The van der Waals surface area contributed by atoms with Crippen molar-refractivity contribution in [3.63, 3.8) is 0 Å². The van der Waals surface area contributed by atoms with Gasteiger partial charge in [-0.3, -0.25) is 4.79 Å². The van der Waals surface area contributed by atoms with E-state index < -0.39 is 0 Å². The first-order chi connectivity index (χ1) is 12.2. The first-order valence-electron chi connectivity index (χ1n) is 8.95. The van der Waals surface area contributed by atoms with Crippen LogP contribution in [0.1, 0.15) is 38.7 Å². The molecular weight excluding hydrogens is 314 g/mol. The smallest absolute Gasteiger partial charge is 0.262 e. The van der Waals surface area contributed by atoms with Gasteiger partial charge in [0.2, 0.25) is 0 Å². The molecule has 25 heavy (non-hydrogen) atoms. The maximum Gasteiger partial charge on any atom is 0.262 e. The normalized spacial score (nSPS) is 10.3. The van der Waals surface area contributed by atoms with Crippen LogP contribution in [-0.2, 0) is 11.2 Å². The Kier molecular flexibility index (Phi) is 7.83. The van der Waals surface area contributed by atoms with E-state index >= 15 is 0 Å². The van der Waals surface area contributed by atoms with E-state index in [1.807, 2.05) is 48.5 Å². The minimum absolute atomic E-state index is 0.0115. The molecular formula is C21H27NO3. The molecule has 0 atom stereocenters. The van der Waals surface area contributed by atoms with E-state index in [-0.39, 0.29) is 12.5 Å². The minimum Gasteiger partial charge on any atom is -0.494 e. The van der Waals surface area contributed by atoms with Crippen LogP contribution in [0, 0.1) is 0 Å². The summed E-state index contributed by atoms with van der Waals surface area (Å²) in [6, 6.07) is 15.2. The number of aryl methyl sites for hydroxylation is 1. The van der Waals surface area contributed by atoms with Gasteiger partial charge in [-0.15, -0.1) is 0 Å². The lowest BCUT2D eigenvalue weighted by Gasteiger charge is -2.10. The number of hydrogen-bond donors (Lipinski definition) is 1. The van der Waals surface area contributed by atoms with E-state index in [2.05, 4.69) is 19.2 Å². The van der Waals surface area contributed by atoms with Crippen molar-refractivity contribution >= 4 is 11.6 Å². The number of hydrogen-bond acceptors (Lipinski definition) is 3. The standard InChI is InChI=1S/C21H27NO3/c1-3-5-6-14-24-19-12-10-18(11-13-19)22-21(23)16-25-20-9-7-8-17(4-2)15-20/h7-13,15H,3-6,14,16H2,1-2H3,(H,22,23). The van der Waals surface area contributed by atoms with Gasteiger partial charge in [0, 0.05) is 5.69 Å². The zero-order valence-electron chi connectivity index (χ0n) is 15.1. The summed E-state index contributed by atoms with van der Waals surface area (Å²) in [7, 11) is 0. The monoisotopic (exact) mass is 341 g/mol. The largest absolute Gasteiger partial charge is 0.494 e. The number of unbranched alkanes of at least 4 members (excludes halogenated alkanes) is 2. The summed E-state index contributed by atoms with van der Waals surface area (Å²) < 4.78 is 11.2. The third-order valence-electron chi connectivity index (χ3n) is 3.83. The molecule has 0 unspecified atom stereocenters. The average Bonchev–Trinajstić information content (AvgIpc) is 2.65. The van der Waals surface area contributed by atoms with Crippen LogP contribution in [0.2, 0.25) is 0 Å². The summed E-state index contributed by atoms with van der Waals surface area (Å²) in [6.07, 6.45) is 4.36. The first-order valence-corrected chi connectivity index (χ1v) is 8.95. The number of benzene rings is 2. The van der Waals surface area contributed by atoms with Gasteiger partial charge in [0.1, 0.15) is 11.5 Å². The van der Waals surface area contributed by atoms with Crippen molar-refractivity contribution in [2.24, 2.45) is 0 Å². The molecule has 0 heterocycles. The molecule has 134 valence electrons. The summed E-state index contributed by atoms with van der Waals surface area (Å²) >= 11 is 0. The summed E-state index contributed by atoms with van der Waals surface area (Å²) in [5.41, 5.74) is 1.92. The van der Waals surface area contributed by atoms with Crippen LogP contribution < -0.4 is 14.8 Å². The molecule has 0 fully saturated rings. The van der Waals surface area contributed by atoms with Crippen LogP contribution >= 0.6 is 0 Å². The number of amides is 1. The van der Waals surface area contributed by atoms with Gasteiger partial charge < -0.3 is 14.8 Å². The Morgan fingerprint density at radius 2 is 1.76 bits per heavy atom. The summed E-state index contributed by atoms with van der Waals surface area (Å²) in [5.74, 6) is 1.35. The molecule has 0 saturated heterocycles. The molecule has 0 aliphatic heterocycles. The minimum atomic E-state index is -0.182. The maximum atomic E-state index is 12.0. The molecule has 0 aliphatic carbocycles. The van der Waals surface area contributed by atoms with Crippen LogP contribution in [0.15, 0.2) is 48.5 Å². The third-order valence-corrected chi connectivity index (χ3v) is 3.83. The lowest BCUT2D eigenvalue weighted by Crippen LogP contribution is -2.20. The molecule has 0 bridgehead atoms. The highest BCUT2D eigenvalue weighted by Gasteiger charge is 2.05. The molecule has 4 heteroatoms. The maximum absolute atomic E-state index is 12.0. The Labute approximate surface area is 150 Å². The van der Waals surface area contributed by atoms with Gasteiger partial charge >= 0.3 is 0 Å². The second kappa shape index (κ2) is 10.4. The van der Waals surface area contributed by atoms with Crippen LogP contribution in [0.5, 0.6) is 11.5 Å². The second-order valence-corrected chi connectivity index (χ2v) is 5.92. The van der Waals surface area contributed by atoms with Crippen molar-refractivity contribution < 1.29 is 14.3 Å². The van der Waals surface area contributed by atoms with Gasteiger partial charge in [-0.25, -0.2) is 0 Å². The Morgan fingerprint density at radius 3 is 2.48 bits per heavy atom. The molecule has 2 rings (SSSR count). The van der Waals surface area contributed by atoms with Crippen molar-refractivity contribution in [3.05, 3.63) is 54.1 Å². The third kappa shape index (κ3) is 6.87. The van der Waals surface area contributed by atoms with Gasteiger partial charge in [0.25, 0.3) is 5.91 Å². The Morgan fingerprint density at radius 1 is 0.960 bits per heavy atom. The summed E-state index contributed by atoms with van der Waals surface area (Å²) in [5, 5.41) is 2.82. The molecule has 2 aromatic rings. The summed E-state index contributed by atoms with van der Waals surface area (Å²) in [6.45, 7) is 4.97. The van der Waals surface area contributed by atoms with E-state index in [9.17, 15) is 4.79 Å². The van der Waals surface area contributed by atoms with Gasteiger partial charge in [0.15, 0.2) is 6.61 Å². The topological polar surface area (TPSA) is 47.6 Å². The van der Waals surface area contributed by atoms with Crippen LogP contribution in [0.4, 0.5) is 5.69 Å². The highest BCUT2D eigenvalue weighted by Crippen LogP contribution is 2.17. The number of carbonyl (C=O) groups is 1. The quantitative estimate of drug-likeness (QED) is 0.629. The number of carbonyl (C=O) groups excluding carboxylic acids is 1. The first kappa shape index (κ1) is 18.8. The molecule has 0 spiro atoms. The van der Waals surface area contributed by atoms with E-state index in [1.54, 1.807) is 0 Å². The van der Waals surface area contributed by atoms with Crippen molar-refractivity contribution in [3.8, 4) is 11.5 Å². The fourth-order valence-corrected chi connectivity index (χ4v) is 2.38. The molecule has 0 saturated carbocycles. The molecule has 4 nitrogen and oxygen atoms in total. The zero-order valence-corrected chi connectivity index (χ0v) is 15.1. The van der Waals surface area contributed by atoms with Gasteiger partial charge in [-0.2, -0.15) is 0 Å². The second-order valence-electron chi connectivity index (χ2n) is 5.92. The van der Waals surface area contributed by atoms with E-state index in [1.165, 1.54) is 18.4 Å². The van der Waals surface area contributed by atoms with Crippen LogP contribution in [0.25, 0.3) is 0 Å². The average molecular weight is 341 g/mol. The molecule has 0 aliphatic rings. The molecule has 0 aromatic heterocycles. The number of anilines is 1. The van der Waals surface area contributed by atoms with Crippen molar-refractivity contribution in [2.75, 3.05) is 18.5 Å². The van der Waals surface area contributed by atoms with E-state index in [0.29, 0.717) is 5.75 Å². The molecule has 0 radical (unpaired) electrons. The molecule has 1 N–H and O–H groups in total. The number of ether oxygens (including phenoxy) is 2. The Bertz CT molecular complexity index is 652. The van der Waals surface area contributed by atoms with E-state index in [4.69, 9.17) is 9.47 Å². The van der Waals surface area contributed by atoms with Crippen LogP contribution in [0.3, 0.4) is 0 Å². The Hall–Kier alpha value is -2.49. The highest BCUT2D eigenvalue weighted by molar-refractivity contribution is 5.91. The Balaban J connectivity index is 1.76. The lowest BCUT2D eigenvalue weighted by atomic mass is 10.2. The molecule has 1 amide bonds. The van der Waals surface area contributed by atoms with Gasteiger partial charge in [-0.1, -0.05) is 38.8 Å². The fraction of sp³-hybridized carbons (Fsp3) is 0.381. The van der Waals surface area contributed by atoms with Crippen molar-refractivity contribution in [1.29, 1.82) is 0 Å². The van der Waals surface area contributed by atoms with Gasteiger partial charge in [0.05, 0.1) is 6.61 Å². The van der Waals surface area contributed by atoms with Crippen molar-refractivity contribution in [1.82, 2.24) is 0 Å². The predicted molar refractivity (Wildman–Crippen MR) is 101 cm³/mol. The zero-order chi connectivity index (χ0) is 17.9. The fourth-order valence-electron chi connectivity index (χ4n) is 2.38. The predicted octanol–water partition coefficient (Wildman–Crippen LogP) is 4.84.